The van der Waals surface area contributed by atoms with Crippen LogP contribution in [0.3, 0.4) is 0 Å². The zero-order valence-electron chi connectivity index (χ0n) is 31.6. The number of hydrogen-bond acceptors (Lipinski definition) is 3. The molecule has 0 bridgehead atoms. The lowest BCUT2D eigenvalue weighted by atomic mass is 9.73. The van der Waals surface area contributed by atoms with E-state index in [0.29, 0.717) is 37.9 Å². The molecule has 3 aliphatic rings. The van der Waals surface area contributed by atoms with Crippen molar-refractivity contribution in [2.24, 2.45) is 66.1 Å². The van der Waals surface area contributed by atoms with E-state index in [-0.39, 0.29) is 0 Å². The summed E-state index contributed by atoms with van der Waals surface area (Å²) in [7, 11) is 7.67. The van der Waals surface area contributed by atoms with Gasteiger partial charge in [0.2, 0.25) is 5.52 Å². The Morgan fingerprint density at radius 2 is 1.05 bits per heavy atom. The summed E-state index contributed by atoms with van der Waals surface area (Å²) in [5.74, 6) is 0.801. The number of nitrogens with zero attached hydrogens (tertiary/aromatic N) is 7. The van der Waals surface area contributed by atoms with Crippen molar-refractivity contribution in [3.63, 3.8) is 0 Å². The summed E-state index contributed by atoms with van der Waals surface area (Å²) in [4.78, 5) is 5.21. The van der Waals surface area contributed by atoms with E-state index in [2.05, 4.69) is 135 Å². The predicted molar refractivity (Wildman–Crippen MR) is 183 cm³/mol. The van der Waals surface area contributed by atoms with E-state index in [1.807, 2.05) is 58.4 Å². The van der Waals surface area contributed by atoms with Crippen molar-refractivity contribution < 1.29 is 9.48 Å². The van der Waals surface area contributed by atoms with Crippen LogP contribution in [0.1, 0.15) is 103 Å². The van der Waals surface area contributed by atoms with Crippen molar-refractivity contribution in [2.45, 2.75) is 104 Å². The fraction of sp³-hybridized carbons (Fsp3) is 0.703. The van der Waals surface area contributed by atoms with Crippen molar-refractivity contribution in [2.75, 3.05) is 0 Å². The first-order chi connectivity index (χ1) is 20.0. The lowest BCUT2D eigenvalue weighted by molar-refractivity contribution is -0.807. The summed E-state index contributed by atoms with van der Waals surface area (Å²) >= 11 is 0. The highest BCUT2D eigenvalue weighted by Crippen LogP contribution is 3.05. The average Bonchev–Trinajstić information content (AvgIpc) is 3.41. The molecule has 3 aliphatic carbocycles. The summed E-state index contributed by atoms with van der Waals surface area (Å²) in [5.41, 5.74) is 6.38. The molecular formula is C37H63N7+2. The van der Waals surface area contributed by atoms with Gasteiger partial charge >= 0.3 is 5.82 Å². The fourth-order valence-electron chi connectivity index (χ4n) is 8.61. The highest BCUT2D eigenvalue weighted by molar-refractivity contribution is 6.02. The van der Waals surface area contributed by atoms with E-state index in [1.165, 1.54) is 10.8 Å². The first kappa shape index (κ1) is 35.6. The van der Waals surface area contributed by atoms with E-state index in [4.69, 9.17) is 0 Å². The molecule has 7 rings (SSSR count). The molecule has 0 atom stereocenters. The van der Waals surface area contributed by atoms with E-state index in [0.717, 1.165) is 16.9 Å². The summed E-state index contributed by atoms with van der Waals surface area (Å²) in [6.07, 6.45) is 0. The maximum absolute atomic E-state index is 4.52. The van der Waals surface area contributed by atoms with Crippen LogP contribution in [-0.4, -0.2) is 24.9 Å². The SMILES string of the molecule is CC.CC1(C)C(C)(C)C1(C)C.CC1(C)C2(C)C(C)(C)C12C.Cc1nn(C)[n+](C)n1.Cn1nc2c3ccccc3ccc2[n+]1C. The summed E-state index contributed by atoms with van der Waals surface area (Å²) < 4.78 is 2.04. The number of rotatable bonds is 0. The van der Waals surface area contributed by atoms with Gasteiger partial charge in [0.05, 0.1) is 19.2 Å². The van der Waals surface area contributed by atoms with Gasteiger partial charge in [0.1, 0.15) is 14.1 Å². The van der Waals surface area contributed by atoms with Gasteiger partial charge in [-0.3, -0.25) is 0 Å². The maximum atomic E-state index is 4.52. The molecule has 244 valence electrons. The molecule has 0 saturated heterocycles. The van der Waals surface area contributed by atoms with Gasteiger partial charge in [-0.25, -0.2) is 0 Å². The smallest absolute Gasteiger partial charge is 0.156 e. The zero-order chi connectivity index (χ0) is 34.1. The monoisotopic (exact) mass is 606 g/mol. The minimum Gasteiger partial charge on any atom is -0.156 e. The lowest BCUT2D eigenvalue weighted by Gasteiger charge is -2.31. The molecule has 3 saturated carbocycles. The third-order valence-electron chi connectivity index (χ3n) is 14.4. The van der Waals surface area contributed by atoms with Crippen molar-refractivity contribution in [1.29, 1.82) is 0 Å². The molecular weight excluding hydrogens is 542 g/mol. The van der Waals surface area contributed by atoms with Crippen LogP contribution >= 0.6 is 0 Å². The van der Waals surface area contributed by atoms with Gasteiger partial charge in [-0.2, -0.15) is 4.68 Å². The largest absolute Gasteiger partial charge is 0.305 e. The molecule has 0 N–H and O–H groups in total. The molecule has 0 aliphatic heterocycles. The maximum Gasteiger partial charge on any atom is 0.305 e. The molecule has 7 nitrogen and oxygen atoms in total. The van der Waals surface area contributed by atoms with E-state index in [9.17, 15) is 0 Å². The number of tetrazole rings is 1. The molecule has 0 radical (unpaired) electrons. The molecule has 2 aromatic carbocycles. The van der Waals surface area contributed by atoms with E-state index < -0.39 is 0 Å². The second-order valence-corrected chi connectivity index (χ2v) is 15.9. The summed E-state index contributed by atoms with van der Waals surface area (Å²) in [6, 6.07) is 12.6. The normalized spacial score (nSPS) is 26.2. The molecule has 0 unspecified atom stereocenters. The number of hydrogen-bond donors (Lipinski definition) is 0. The van der Waals surface area contributed by atoms with Gasteiger partial charge < -0.3 is 0 Å². The van der Waals surface area contributed by atoms with Gasteiger partial charge in [0.15, 0.2) is 0 Å². The quantitative estimate of drug-likeness (QED) is 0.193. The van der Waals surface area contributed by atoms with Crippen LogP contribution in [0.15, 0.2) is 36.4 Å². The summed E-state index contributed by atoms with van der Waals surface area (Å²) in [5, 5.41) is 14.9. The van der Waals surface area contributed by atoms with Crippen LogP contribution in [0.4, 0.5) is 0 Å². The Kier molecular flexibility index (Phi) is 8.84. The minimum absolute atomic E-state index is 0.542. The third-order valence-corrected chi connectivity index (χ3v) is 14.4. The highest BCUT2D eigenvalue weighted by Gasteiger charge is 3.00. The van der Waals surface area contributed by atoms with Crippen LogP contribution in [0.5, 0.6) is 0 Å². The zero-order valence-corrected chi connectivity index (χ0v) is 31.6. The molecule has 0 spiro atoms. The number of aryl methyl sites for hydroxylation is 5. The van der Waals surface area contributed by atoms with Crippen molar-refractivity contribution >= 4 is 21.8 Å². The molecule has 44 heavy (non-hydrogen) atoms. The van der Waals surface area contributed by atoms with Crippen LogP contribution < -0.4 is 9.48 Å². The van der Waals surface area contributed by atoms with E-state index >= 15 is 0 Å². The molecule has 0 amide bonds. The predicted octanol–water partition coefficient (Wildman–Crippen LogP) is 7.68. The van der Waals surface area contributed by atoms with Gasteiger partial charge in [0, 0.05) is 17.4 Å². The number of aromatic nitrogens is 7. The van der Waals surface area contributed by atoms with Gasteiger partial charge in [-0.15, -0.1) is 0 Å². The van der Waals surface area contributed by atoms with Crippen LogP contribution in [0.2, 0.25) is 0 Å². The molecule has 2 aromatic heterocycles. The standard InChI is InChI=1S/C12H12N3.C10H18.C9H18.C4H9N4.C2H6/c1-14-11-8-7-9-5-3-4-6-10(9)12(11)13-15(14)2;1-7(2)9(5)8(3,4)10(7,9)6;1-7(2)8(3,4)9(7,5)6;1-4-5-7(2)8(3)6-4;1-2/h3-8H,1-2H3;1-6H3;1-6H3;1-3H3;1-2H3/q+1;;;+1;. The topological polar surface area (TPSA) is 56.3 Å². The van der Waals surface area contributed by atoms with E-state index in [1.54, 1.807) is 9.59 Å². The molecule has 4 aromatic rings. The number of fused-ring (bicyclic) bond motifs is 4. The Hall–Kier alpha value is -2.83. The first-order valence-electron chi connectivity index (χ1n) is 16.4. The Morgan fingerprint density at radius 3 is 1.36 bits per heavy atom. The van der Waals surface area contributed by atoms with Gasteiger partial charge in [-0.05, 0) is 76.2 Å². The average molecular weight is 606 g/mol. The second kappa shape index (κ2) is 10.9. The Labute approximate surface area is 268 Å². The molecule has 7 heteroatoms. The van der Waals surface area contributed by atoms with Crippen molar-refractivity contribution in [3.05, 3.63) is 42.2 Å². The van der Waals surface area contributed by atoms with Gasteiger partial charge in [0.25, 0.3) is 5.52 Å². The van der Waals surface area contributed by atoms with Gasteiger partial charge in [-0.1, -0.05) is 120 Å². The fourth-order valence-corrected chi connectivity index (χ4v) is 8.61. The van der Waals surface area contributed by atoms with Crippen LogP contribution in [0, 0.1) is 44.8 Å². The number of benzene rings is 2. The van der Waals surface area contributed by atoms with Crippen LogP contribution in [0.25, 0.3) is 21.8 Å². The second-order valence-electron chi connectivity index (χ2n) is 15.9. The Morgan fingerprint density at radius 1 is 0.591 bits per heavy atom. The molecule has 2 heterocycles. The third kappa shape index (κ3) is 4.62. The van der Waals surface area contributed by atoms with Crippen LogP contribution in [-0.2, 0) is 28.2 Å². The van der Waals surface area contributed by atoms with Crippen molar-refractivity contribution in [3.8, 4) is 0 Å². The van der Waals surface area contributed by atoms with Crippen molar-refractivity contribution in [1.82, 2.24) is 24.9 Å². The Balaban J connectivity index is 0.000000162. The summed E-state index contributed by atoms with van der Waals surface area (Å²) in [6.45, 7) is 34.5. The minimum atomic E-state index is 0.542. The molecule has 3 fully saturated rings. The lowest BCUT2D eigenvalue weighted by Crippen LogP contribution is -2.40. The first-order valence-corrected chi connectivity index (χ1v) is 16.4. The highest BCUT2D eigenvalue weighted by atomic mass is 15.6. The Bertz CT molecular complexity index is 1550.